The van der Waals surface area contributed by atoms with E-state index < -0.39 is 7.12 Å². The number of hydrogen-bond acceptors (Lipinski definition) is 2. The second kappa shape index (κ2) is 3.04. The monoisotopic (exact) mass is 126 g/mol. The van der Waals surface area contributed by atoms with E-state index >= 15 is 0 Å². The summed E-state index contributed by atoms with van der Waals surface area (Å²) in [7, 11) is -0.633. The number of rotatable bonds is 2. The molecule has 2 nitrogen and oxygen atoms in total. The van der Waals surface area contributed by atoms with Crippen LogP contribution in [0.1, 0.15) is 19.8 Å². The Morgan fingerprint density at radius 1 is 1.89 bits per heavy atom. The summed E-state index contributed by atoms with van der Waals surface area (Å²) in [5.41, 5.74) is 1.23. The molecular formula is C6H11BO2. The molecule has 9 heavy (non-hydrogen) atoms. The first-order valence-corrected chi connectivity index (χ1v) is 3.32. The van der Waals surface area contributed by atoms with E-state index in [4.69, 9.17) is 9.68 Å². The predicted molar refractivity (Wildman–Crippen MR) is 36.9 cm³/mol. The molecule has 0 bridgehead atoms. The van der Waals surface area contributed by atoms with Gasteiger partial charge in [0.15, 0.2) is 0 Å². The lowest BCUT2D eigenvalue weighted by Crippen LogP contribution is -2.07. The van der Waals surface area contributed by atoms with Gasteiger partial charge in [0, 0.05) is 0 Å². The molecule has 0 saturated carbocycles. The van der Waals surface area contributed by atoms with E-state index in [-0.39, 0.29) is 0 Å². The molecule has 0 aliphatic carbocycles. The Balaban J connectivity index is 2.33. The summed E-state index contributed by atoms with van der Waals surface area (Å²) in [4.78, 5) is 0. The highest BCUT2D eigenvalue weighted by Crippen LogP contribution is 2.11. The van der Waals surface area contributed by atoms with Gasteiger partial charge in [-0.05, 0) is 6.42 Å². The van der Waals surface area contributed by atoms with E-state index in [0.717, 1.165) is 12.8 Å². The maximum atomic E-state index is 8.83. The van der Waals surface area contributed by atoms with Crippen LogP contribution in [0.2, 0.25) is 0 Å². The third-order valence-corrected chi connectivity index (χ3v) is 1.39. The van der Waals surface area contributed by atoms with E-state index in [1.165, 1.54) is 5.57 Å². The summed E-state index contributed by atoms with van der Waals surface area (Å²) >= 11 is 0. The van der Waals surface area contributed by atoms with Gasteiger partial charge in [0.2, 0.25) is 0 Å². The Kier molecular flexibility index (Phi) is 2.31. The van der Waals surface area contributed by atoms with Gasteiger partial charge in [0.1, 0.15) is 0 Å². The largest absolute Gasteiger partial charge is 0.483 e. The SMILES string of the molecule is CCCC1=CB(O)OC1. The molecule has 1 heterocycles. The predicted octanol–water partition coefficient (Wildman–Crippen LogP) is 0.763. The molecule has 1 aliphatic heterocycles. The lowest BCUT2D eigenvalue weighted by atomic mass is 9.90. The van der Waals surface area contributed by atoms with Crippen LogP contribution in [0.25, 0.3) is 0 Å². The molecule has 0 unspecified atom stereocenters. The van der Waals surface area contributed by atoms with Crippen molar-refractivity contribution in [2.75, 3.05) is 6.61 Å². The van der Waals surface area contributed by atoms with Gasteiger partial charge >= 0.3 is 7.12 Å². The van der Waals surface area contributed by atoms with E-state index in [2.05, 4.69) is 6.92 Å². The minimum absolute atomic E-state index is 0.620. The van der Waals surface area contributed by atoms with Crippen LogP contribution in [0, 0.1) is 0 Å². The molecular weight excluding hydrogens is 115 g/mol. The molecule has 0 aromatic carbocycles. The van der Waals surface area contributed by atoms with Crippen molar-refractivity contribution in [1.82, 2.24) is 0 Å². The quantitative estimate of drug-likeness (QED) is 0.553. The first-order valence-electron chi connectivity index (χ1n) is 3.32. The summed E-state index contributed by atoms with van der Waals surface area (Å²) in [5, 5.41) is 8.83. The van der Waals surface area contributed by atoms with Crippen LogP contribution in [0.3, 0.4) is 0 Å². The van der Waals surface area contributed by atoms with Gasteiger partial charge in [-0.15, -0.1) is 0 Å². The molecule has 0 amide bonds. The van der Waals surface area contributed by atoms with E-state index in [1.807, 2.05) is 0 Å². The van der Waals surface area contributed by atoms with Gasteiger partial charge in [0.05, 0.1) is 6.61 Å². The fraction of sp³-hybridized carbons (Fsp3) is 0.667. The van der Waals surface area contributed by atoms with Gasteiger partial charge in [-0.2, -0.15) is 0 Å². The molecule has 3 heteroatoms. The fourth-order valence-electron chi connectivity index (χ4n) is 0.967. The van der Waals surface area contributed by atoms with Gasteiger partial charge in [-0.3, -0.25) is 0 Å². The Hall–Kier alpha value is -0.275. The van der Waals surface area contributed by atoms with E-state index in [0.29, 0.717) is 6.61 Å². The Morgan fingerprint density at radius 3 is 3.11 bits per heavy atom. The first-order chi connectivity index (χ1) is 4.33. The number of hydrogen-bond donors (Lipinski definition) is 1. The average Bonchev–Trinajstić information content (AvgIpc) is 2.17. The zero-order valence-corrected chi connectivity index (χ0v) is 5.63. The standard InChI is InChI=1S/C6H11BO2/c1-2-3-6-4-7(8)9-5-6/h4,8H,2-3,5H2,1H3. The van der Waals surface area contributed by atoms with Crippen molar-refractivity contribution in [3.05, 3.63) is 11.5 Å². The molecule has 1 aliphatic rings. The molecule has 0 radical (unpaired) electrons. The Bertz CT molecular complexity index is 122. The molecule has 0 spiro atoms. The zero-order chi connectivity index (χ0) is 6.69. The van der Waals surface area contributed by atoms with Crippen molar-refractivity contribution in [1.29, 1.82) is 0 Å². The summed E-state index contributed by atoms with van der Waals surface area (Å²) in [6.07, 6.45) is 2.18. The van der Waals surface area contributed by atoms with Gasteiger partial charge in [-0.25, -0.2) is 0 Å². The topological polar surface area (TPSA) is 29.5 Å². The van der Waals surface area contributed by atoms with Crippen LogP contribution >= 0.6 is 0 Å². The zero-order valence-electron chi connectivity index (χ0n) is 5.63. The van der Waals surface area contributed by atoms with Crippen molar-refractivity contribution in [3.8, 4) is 0 Å². The van der Waals surface area contributed by atoms with Crippen molar-refractivity contribution in [2.45, 2.75) is 19.8 Å². The van der Waals surface area contributed by atoms with Crippen LogP contribution in [-0.4, -0.2) is 18.7 Å². The molecule has 0 aromatic heterocycles. The van der Waals surface area contributed by atoms with Crippen LogP contribution in [0.5, 0.6) is 0 Å². The third kappa shape index (κ3) is 1.84. The lowest BCUT2D eigenvalue weighted by Gasteiger charge is -1.94. The van der Waals surface area contributed by atoms with Crippen molar-refractivity contribution >= 4 is 7.12 Å². The Labute approximate surface area is 55.7 Å². The van der Waals surface area contributed by atoms with Gasteiger partial charge in [-0.1, -0.05) is 24.9 Å². The third-order valence-electron chi connectivity index (χ3n) is 1.39. The molecule has 0 saturated heterocycles. The normalized spacial score (nSPS) is 18.4. The van der Waals surface area contributed by atoms with Crippen LogP contribution in [-0.2, 0) is 4.65 Å². The summed E-state index contributed by atoms with van der Waals surface area (Å²) in [6, 6.07) is 0. The molecule has 0 atom stereocenters. The van der Waals surface area contributed by atoms with E-state index in [1.54, 1.807) is 5.98 Å². The van der Waals surface area contributed by atoms with Crippen molar-refractivity contribution in [3.63, 3.8) is 0 Å². The molecule has 0 fully saturated rings. The highest BCUT2D eigenvalue weighted by atomic mass is 16.5. The second-order valence-corrected chi connectivity index (χ2v) is 2.28. The molecule has 50 valence electrons. The van der Waals surface area contributed by atoms with E-state index in [9.17, 15) is 0 Å². The molecule has 1 N–H and O–H groups in total. The minimum atomic E-state index is -0.633. The van der Waals surface area contributed by atoms with Gasteiger partial charge in [0.25, 0.3) is 0 Å². The van der Waals surface area contributed by atoms with Crippen molar-refractivity contribution in [2.24, 2.45) is 0 Å². The molecule has 0 aromatic rings. The second-order valence-electron chi connectivity index (χ2n) is 2.28. The maximum Gasteiger partial charge on any atom is 0.483 e. The van der Waals surface area contributed by atoms with Crippen molar-refractivity contribution < 1.29 is 9.68 Å². The fourth-order valence-corrected chi connectivity index (χ4v) is 0.967. The first kappa shape index (κ1) is 6.84. The summed E-state index contributed by atoms with van der Waals surface area (Å²) < 4.78 is 4.88. The smallest absolute Gasteiger partial charge is 0.423 e. The summed E-state index contributed by atoms with van der Waals surface area (Å²) in [5.74, 6) is 1.78. The summed E-state index contributed by atoms with van der Waals surface area (Å²) in [6.45, 7) is 2.74. The maximum absolute atomic E-state index is 8.83. The van der Waals surface area contributed by atoms with Crippen LogP contribution in [0.4, 0.5) is 0 Å². The minimum Gasteiger partial charge on any atom is -0.423 e. The molecule has 1 rings (SSSR count). The average molecular weight is 126 g/mol. The highest BCUT2D eigenvalue weighted by Gasteiger charge is 2.17. The van der Waals surface area contributed by atoms with Crippen LogP contribution < -0.4 is 0 Å². The van der Waals surface area contributed by atoms with Gasteiger partial charge < -0.3 is 9.68 Å². The lowest BCUT2D eigenvalue weighted by molar-refractivity contribution is 0.307. The highest BCUT2D eigenvalue weighted by molar-refractivity contribution is 6.50. The Morgan fingerprint density at radius 2 is 2.67 bits per heavy atom. The van der Waals surface area contributed by atoms with Crippen LogP contribution in [0.15, 0.2) is 11.5 Å².